The van der Waals surface area contributed by atoms with Crippen molar-refractivity contribution in [3.8, 4) is 17.2 Å². The lowest BCUT2D eigenvalue weighted by Gasteiger charge is -2.14. The molecule has 1 aromatic heterocycles. The molecule has 31 heavy (non-hydrogen) atoms. The van der Waals surface area contributed by atoms with Crippen LogP contribution in [0.5, 0.6) is 17.2 Å². The average Bonchev–Trinajstić information content (AvgIpc) is 2.76. The predicted molar refractivity (Wildman–Crippen MR) is 127 cm³/mol. The Morgan fingerprint density at radius 2 is 1.77 bits per heavy atom. The van der Waals surface area contributed by atoms with Crippen LogP contribution in [0, 0.1) is 0 Å². The van der Waals surface area contributed by atoms with E-state index in [4.69, 9.17) is 19.9 Å². The number of hydrogen-bond donors (Lipinski definition) is 1. The number of aromatic nitrogens is 1. The smallest absolute Gasteiger partial charge is 0.163 e. The fourth-order valence-electron chi connectivity index (χ4n) is 3.27. The van der Waals surface area contributed by atoms with Gasteiger partial charge in [-0.25, -0.2) is 0 Å². The quantitative estimate of drug-likeness (QED) is 0.589. The molecule has 5 heteroatoms. The lowest BCUT2D eigenvalue weighted by atomic mass is 10.1. The maximum atomic E-state index is 6.41. The Balaban J connectivity index is 2.10. The van der Waals surface area contributed by atoms with E-state index in [1.54, 1.807) is 13.3 Å². The molecular weight excluding hydrogens is 388 g/mol. The third-order valence-electron chi connectivity index (χ3n) is 4.86. The van der Waals surface area contributed by atoms with E-state index in [2.05, 4.69) is 43.1 Å². The Morgan fingerprint density at radius 3 is 2.45 bits per heavy atom. The van der Waals surface area contributed by atoms with Gasteiger partial charge in [0.2, 0.25) is 0 Å². The molecule has 0 atom stereocenters. The van der Waals surface area contributed by atoms with Crippen molar-refractivity contribution in [3.63, 3.8) is 0 Å². The summed E-state index contributed by atoms with van der Waals surface area (Å²) in [4.78, 5) is 4.48. The molecule has 0 aliphatic carbocycles. The highest BCUT2D eigenvalue weighted by Crippen LogP contribution is 2.36. The molecule has 0 saturated carbocycles. The van der Waals surface area contributed by atoms with Gasteiger partial charge < -0.3 is 19.9 Å². The van der Waals surface area contributed by atoms with E-state index >= 15 is 0 Å². The van der Waals surface area contributed by atoms with Gasteiger partial charge in [0, 0.05) is 24.2 Å². The van der Waals surface area contributed by atoms with Gasteiger partial charge in [-0.05, 0) is 61.9 Å². The average molecular weight is 419 g/mol. The minimum atomic E-state index is 0.405. The van der Waals surface area contributed by atoms with Crippen LogP contribution in [0.15, 0.2) is 60.0 Å². The van der Waals surface area contributed by atoms with Crippen LogP contribution in [-0.4, -0.2) is 25.2 Å². The zero-order valence-electron chi connectivity index (χ0n) is 18.9. The third-order valence-corrected chi connectivity index (χ3v) is 4.86. The van der Waals surface area contributed by atoms with Crippen molar-refractivity contribution in [2.45, 2.75) is 27.7 Å². The van der Waals surface area contributed by atoms with Crippen LogP contribution in [0.2, 0.25) is 0 Å². The fraction of sp³-hybridized carbons (Fsp3) is 0.269. The van der Waals surface area contributed by atoms with Gasteiger partial charge in [-0.15, -0.1) is 0 Å². The van der Waals surface area contributed by atoms with Crippen molar-refractivity contribution in [1.29, 1.82) is 0 Å². The second kappa shape index (κ2) is 10.1. The Hall–Kier alpha value is -3.31. The summed E-state index contributed by atoms with van der Waals surface area (Å²) >= 11 is 0. The lowest BCUT2D eigenvalue weighted by molar-refractivity contribution is 0.303. The van der Waals surface area contributed by atoms with Crippen LogP contribution >= 0.6 is 0 Å². The van der Waals surface area contributed by atoms with E-state index in [1.807, 2.05) is 38.1 Å². The van der Waals surface area contributed by atoms with Gasteiger partial charge in [0.05, 0.1) is 12.6 Å². The van der Waals surface area contributed by atoms with Crippen LogP contribution in [-0.2, 0) is 0 Å². The SMILES string of the molecule is COc1cc2c(OC(/C=c3/ccccc3=C(C)C)=C(C)C)ccnc2cc1OCCN. The van der Waals surface area contributed by atoms with E-state index < -0.39 is 0 Å². The van der Waals surface area contributed by atoms with Gasteiger partial charge in [-0.3, -0.25) is 4.98 Å². The second-order valence-electron chi connectivity index (χ2n) is 7.66. The van der Waals surface area contributed by atoms with E-state index in [0.717, 1.165) is 27.5 Å². The fourth-order valence-corrected chi connectivity index (χ4v) is 3.27. The van der Waals surface area contributed by atoms with Crippen molar-refractivity contribution < 1.29 is 14.2 Å². The summed E-state index contributed by atoms with van der Waals surface area (Å²) in [6.45, 7) is 9.14. The molecule has 0 radical (unpaired) electrons. The summed E-state index contributed by atoms with van der Waals surface area (Å²) in [5, 5.41) is 3.16. The first kappa shape index (κ1) is 22.4. The van der Waals surface area contributed by atoms with Crippen LogP contribution in [0.25, 0.3) is 22.6 Å². The van der Waals surface area contributed by atoms with Gasteiger partial charge in [0.1, 0.15) is 18.1 Å². The van der Waals surface area contributed by atoms with Crippen molar-refractivity contribution in [2.24, 2.45) is 5.73 Å². The standard InChI is InChI=1S/C26H30N2O3/c1-17(2)20-9-7-6-8-19(20)14-24(18(3)4)31-23-10-12-28-22-16-26(30-13-11-27)25(29-5)15-21(22)23/h6-10,12,14-16H,11,13,27H2,1-5H3/b19-14-. The molecule has 3 aromatic rings. The van der Waals surface area contributed by atoms with Gasteiger partial charge in [0.15, 0.2) is 11.5 Å². The van der Waals surface area contributed by atoms with E-state index in [-0.39, 0.29) is 0 Å². The summed E-state index contributed by atoms with van der Waals surface area (Å²) in [6, 6.07) is 13.9. The number of pyridine rings is 1. The topological polar surface area (TPSA) is 66.6 Å². The predicted octanol–water partition coefficient (Wildman–Crippen LogP) is 3.92. The van der Waals surface area contributed by atoms with E-state index in [1.165, 1.54) is 10.8 Å². The molecule has 0 unspecified atom stereocenters. The number of nitrogens with two attached hydrogens (primary N) is 1. The molecule has 0 aliphatic heterocycles. The zero-order chi connectivity index (χ0) is 22.4. The number of ether oxygens (including phenoxy) is 3. The molecule has 0 amide bonds. The summed E-state index contributed by atoms with van der Waals surface area (Å²) in [5.41, 5.74) is 8.66. The Morgan fingerprint density at radius 1 is 1.00 bits per heavy atom. The summed E-state index contributed by atoms with van der Waals surface area (Å²) < 4.78 is 17.6. The third kappa shape index (κ3) is 5.25. The molecule has 2 N–H and O–H groups in total. The summed E-state index contributed by atoms with van der Waals surface area (Å²) in [5.74, 6) is 2.73. The van der Waals surface area contributed by atoms with Crippen molar-refractivity contribution in [3.05, 3.63) is 70.4 Å². The van der Waals surface area contributed by atoms with Gasteiger partial charge in [-0.2, -0.15) is 0 Å². The van der Waals surface area contributed by atoms with E-state index in [9.17, 15) is 0 Å². The molecule has 162 valence electrons. The molecule has 0 spiro atoms. The number of hydrogen-bond acceptors (Lipinski definition) is 5. The molecule has 1 heterocycles. The van der Waals surface area contributed by atoms with Crippen LogP contribution in [0.1, 0.15) is 27.7 Å². The lowest BCUT2D eigenvalue weighted by Crippen LogP contribution is -2.26. The molecule has 0 bridgehead atoms. The molecule has 0 aliphatic rings. The van der Waals surface area contributed by atoms with Gasteiger partial charge >= 0.3 is 0 Å². The van der Waals surface area contributed by atoms with E-state index in [0.29, 0.717) is 30.4 Å². The maximum absolute atomic E-state index is 6.41. The minimum Gasteiger partial charge on any atom is -0.493 e. The largest absolute Gasteiger partial charge is 0.493 e. The highest BCUT2D eigenvalue weighted by molar-refractivity contribution is 5.88. The summed E-state index contributed by atoms with van der Waals surface area (Å²) in [6.07, 6.45) is 3.82. The molecular formula is C26H30N2O3. The van der Waals surface area contributed by atoms with Crippen molar-refractivity contribution >= 4 is 22.6 Å². The Kier molecular flexibility index (Phi) is 7.32. The Bertz CT molecular complexity index is 1220. The number of rotatable bonds is 7. The normalized spacial score (nSPS) is 11.4. The molecule has 2 aromatic carbocycles. The molecule has 0 fully saturated rings. The van der Waals surface area contributed by atoms with Crippen molar-refractivity contribution in [2.75, 3.05) is 20.3 Å². The van der Waals surface area contributed by atoms with Crippen LogP contribution in [0.4, 0.5) is 0 Å². The first-order chi connectivity index (χ1) is 14.9. The first-order valence-corrected chi connectivity index (χ1v) is 10.3. The van der Waals surface area contributed by atoms with Gasteiger partial charge in [-0.1, -0.05) is 29.8 Å². The van der Waals surface area contributed by atoms with Crippen LogP contribution < -0.4 is 30.4 Å². The monoisotopic (exact) mass is 418 g/mol. The second-order valence-corrected chi connectivity index (χ2v) is 7.66. The number of methoxy groups -OCH3 is 1. The van der Waals surface area contributed by atoms with Crippen molar-refractivity contribution in [1.82, 2.24) is 4.98 Å². The zero-order valence-corrected chi connectivity index (χ0v) is 18.9. The Labute approximate surface area is 183 Å². The first-order valence-electron chi connectivity index (χ1n) is 10.3. The highest BCUT2D eigenvalue weighted by Gasteiger charge is 2.12. The minimum absolute atomic E-state index is 0.405. The molecule has 0 saturated heterocycles. The number of fused-ring (bicyclic) bond motifs is 1. The number of allylic oxidation sites excluding steroid dienone is 2. The summed E-state index contributed by atoms with van der Waals surface area (Å²) in [7, 11) is 1.61. The van der Waals surface area contributed by atoms with Crippen LogP contribution in [0.3, 0.4) is 0 Å². The van der Waals surface area contributed by atoms with Gasteiger partial charge in [0.25, 0.3) is 0 Å². The highest BCUT2D eigenvalue weighted by atomic mass is 16.5. The maximum Gasteiger partial charge on any atom is 0.163 e. The number of nitrogens with zero attached hydrogens (tertiary/aromatic N) is 1. The molecule has 5 nitrogen and oxygen atoms in total. The number of benzene rings is 2. The molecule has 3 rings (SSSR count).